The van der Waals surface area contributed by atoms with Crippen LogP contribution >= 0.6 is 11.3 Å². The quantitative estimate of drug-likeness (QED) is 0.505. The fourth-order valence-corrected chi connectivity index (χ4v) is 4.09. The predicted molar refractivity (Wildman–Crippen MR) is 117 cm³/mol. The van der Waals surface area contributed by atoms with Crippen LogP contribution in [0, 0.1) is 12.7 Å². The number of nitrogens with one attached hydrogen (secondary N) is 1. The van der Waals surface area contributed by atoms with Gasteiger partial charge in [-0.1, -0.05) is 42.0 Å². The van der Waals surface area contributed by atoms with Crippen molar-refractivity contribution >= 4 is 27.5 Å². The molecule has 0 atom stereocenters. The van der Waals surface area contributed by atoms with Crippen molar-refractivity contribution in [2.75, 3.05) is 0 Å². The largest absolute Gasteiger partial charge is 0.352 e. The van der Waals surface area contributed by atoms with E-state index in [4.69, 9.17) is 0 Å². The molecule has 0 saturated carbocycles. The van der Waals surface area contributed by atoms with E-state index >= 15 is 0 Å². The molecule has 0 fully saturated rings. The number of rotatable bonds is 6. The zero-order valence-electron chi connectivity index (χ0n) is 16.4. The van der Waals surface area contributed by atoms with Crippen molar-refractivity contribution < 1.29 is 9.18 Å². The molecule has 2 aromatic heterocycles. The van der Waals surface area contributed by atoms with E-state index in [0.717, 1.165) is 22.3 Å². The van der Waals surface area contributed by atoms with Crippen molar-refractivity contribution in [3.63, 3.8) is 0 Å². The van der Waals surface area contributed by atoms with Crippen LogP contribution in [0.5, 0.6) is 0 Å². The van der Waals surface area contributed by atoms with Gasteiger partial charge in [0.15, 0.2) is 0 Å². The lowest BCUT2D eigenvalue weighted by molar-refractivity contribution is -0.121. The number of thiophene rings is 1. The van der Waals surface area contributed by atoms with Crippen LogP contribution in [0.3, 0.4) is 0 Å². The number of halogens is 1. The Bertz CT molecular complexity index is 1240. The van der Waals surface area contributed by atoms with Gasteiger partial charge in [-0.2, -0.15) is 0 Å². The highest BCUT2D eigenvalue weighted by atomic mass is 32.1. The van der Waals surface area contributed by atoms with Crippen molar-refractivity contribution in [3.05, 3.63) is 87.5 Å². The first-order valence-corrected chi connectivity index (χ1v) is 10.4. The van der Waals surface area contributed by atoms with Gasteiger partial charge in [0.1, 0.15) is 10.6 Å². The molecule has 0 aliphatic heterocycles. The number of aryl methyl sites for hydroxylation is 2. The lowest BCUT2D eigenvalue weighted by atomic mass is 10.1. The molecule has 0 radical (unpaired) electrons. The van der Waals surface area contributed by atoms with Crippen molar-refractivity contribution in [1.29, 1.82) is 0 Å². The second kappa shape index (κ2) is 8.59. The van der Waals surface area contributed by atoms with Crippen LogP contribution < -0.4 is 10.9 Å². The number of carbonyl (C=O) groups excluding carboxylic acids is 1. The summed E-state index contributed by atoms with van der Waals surface area (Å²) >= 11 is 1.44. The summed E-state index contributed by atoms with van der Waals surface area (Å²) in [7, 11) is 0. The van der Waals surface area contributed by atoms with E-state index in [-0.39, 0.29) is 30.2 Å². The molecule has 0 bridgehead atoms. The van der Waals surface area contributed by atoms with E-state index in [1.165, 1.54) is 34.4 Å². The second-order valence-electron chi connectivity index (χ2n) is 7.09. The van der Waals surface area contributed by atoms with E-state index in [2.05, 4.69) is 10.3 Å². The fourth-order valence-electron chi connectivity index (χ4n) is 3.19. The topological polar surface area (TPSA) is 64.0 Å². The third-order valence-corrected chi connectivity index (χ3v) is 5.79. The molecule has 4 aromatic rings. The number of fused-ring (bicyclic) bond motifs is 1. The van der Waals surface area contributed by atoms with Gasteiger partial charge in [-0.15, -0.1) is 11.3 Å². The maximum Gasteiger partial charge on any atom is 0.262 e. The van der Waals surface area contributed by atoms with Gasteiger partial charge in [-0.05, 0) is 30.2 Å². The minimum atomic E-state index is -0.314. The Hall–Kier alpha value is -3.32. The highest BCUT2D eigenvalue weighted by Crippen LogP contribution is 2.30. The summed E-state index contributed by atoms with van der Waals surface area (Å²) in [4.78, 5) is 30.3. The Morgan fingerprint density at radius 1 is 1.13 bits per heavy atom. The number of amides is 1. The van der Waals surface area contributed by atoms with Crippen LogP contribution in [0.4, 0.5) is 4.39 Å². The summed E-state index contributed by atoms with van der Waals surface area (Å²) in [6.45, 7) is 2.57. The third kappa shape index (κ3) is 4.31. The molecule has 1 N–H and O–H groups in total. The van der Waals surface area contributed by atoms with Crippen molar-refractivity contribution in [3.8, 4) is 11.1 Å². The van der Waals surface area contributed by atoms with Gasteiger partial charge in [0, 0.05) is 30.5 Å². The molecule has 2 heterocycles. The van der Waals surface area contributed by atoms with Gasteiger partial charge in [0.25, 0.3) is 5.56 Å². The Labute approximate surface area is 176 Å². The summed E-state index contributed by atoms with van der Waals surface area (Å²) in [6, 6.07) is 14.0. The van der Waals surface area contributed by atoms with Gasteiger partial charge in [0.2, 0.25) is 5.91 Å². The summed E-state index contributed by atoms with van der Waals surface area (Å²) in [5.41, 5.74) is 3.65. The lowest BCUT2D eigenvalue weighted by Crippen LogP contribution is -2.27. The van der Waals surface area contributed by atoms with Crippen LogP contribution in [0.2, 0.25) is 0 Å². The molecule has 7 heteroatoms. The SMILES string of the molecule is Cc1ccc(-c2csc3ncn(CCC(=O)NCc4ccc(F)cc4)c(=O)c23)cc1. The normalized spacial score (nSPS) is 11.0. The molecular weight excluding hydrogens is 401 g/mol. The first kappa shape index (κ1) is 20.0. The van der Waals surface area contributed by atoms with E-state index < -0.39 is 0 Å². The zero-order valence-corrected chi connectivity index (χ0v) is 17.2. The average molecular weight is 421 g/mol. The molecule has 0 aliphatic rings. The molecule has 4 rings (SSSR count). The Balaban J connectivity index is 1.48. The molecule has 0 aliphatic carbocycles. The van der Waals surface area contributed by atoms with Crippen LogP contribution in [0.25, 0.3) is 21.3 Å². The van der Waals surface area contributed by atoms with Gasteiger partial charge < -0.3 is 5.32 Å². The standard InChI is InChI=1S/C23H20FN3O2S/c1-15-2-6-17(7-3-15)19-13-30-22-21(19)23(29)27(14-26-22)11-10-20(28)25-12-16-4-8-18(24)9-5-16/h2-9,13-14H,10-12H2,1H3,(H,25,28). The van der Waals surface area contributed by atoms with Gasteiger partial charge in [-0.25, -0.2) is 9.37 Å². The Morgan fingerprint density at radius 2 is 1.87 bits per heavy atom. The zero-order chi connectivity index (χ0) is 21.1. The molecule has 5 nitrogen and oxygen atoms in total. The minimum Gasteiger partial charge on any atom is -0.352 e. The molecule has 0 unspecified atom stereocenters. The predicted octanol–water partition coefficient (Wildman–Crippen LogP) is 4.28. The van der Waals surface area contributed by atoms with Crippen LogP contribution in [0.15, 0.2) is 65.0 Å². The molecule has 1 amide bonds. The van der Waals surface area contributed by atoms with Crippen molar-refractivity contribution in [2.24, 2.45) is 0 Å². The lowest BCUT2D eigenvalue weighted by Gasteiger charge is -2.08. The van der Waals surface area contributed by atoms with Crippen LogP contribution in [-0.2, 0) is 17.9 Å². The maximum atomic E-state index is 13.0. The highest BCUT2D eigenvalue weighted by Gasteiger charge is 2.14. The minimum absolute atomic E-state index is 0.150. The monoisotopic (exact) mass is 421 g/mol. The molecule has 0 spiro atoms. The molecule has 2 aromatic carbocycles. The molecule has 152 valence electrons. The van der Waals surface area contributed by atoms with Crippen LogP contribution in [-0.4, -0.2) is 15.5 Å². The number of aromatic nitrogens is 2. The second-order valence-corrected chi connectivity index (χ2v) is 7.95. The number of benzene rings is 2. The fraction of sp³-hybridized carbons (Fsp3) is 0.174. The van der Waals surface area contributed by atoms with Crippen molar-refractivity contribution in [1.82, 2.24) is 14.9 Å². The molecule has 30 heavy (non-hydrogen) atoms. The summed E-state index contributed by atoms with van der Waals surface area (Å²) in [6.07, 6.45) is 1.64. The number of hydrogen-bond donors (Lipinski definition) is 1. The molecular formula is C23H20FN3O2S. The van der Waals surface area contributed by atoms with Crippen LogP contribution in [0.1, 0.15) is 17.5 Å². The average Bonchev–Trinajstić information content (AvgIpc) is 3.18. The Morgan fingerprint density at radius 3 is 2.60 bits per heavy atom. The first-order chi connectivity index (χ1) is 14.5. The van der Waals surface area contributed by atoms with Gasteiger partial charge >= 0.3 is 0 Å². The third-order valence-electron chi connectivity index (χ3n) is 4.91. The Kier molecular flexibility index (Phi) is 5.72. The van der Waals surface area contributed by atoms with Crippen molar-refractivity contribution in [2.45, 2.75) is 26.4 Å². The van der Waals surface area contributed by atoms with E-state index in [0.29, 0.717) is 16.8 Å². The maximum absolute atomic E-state index is 13.0. The van der Waals surface area contributed by atoms with Gasteiger partial charge in [0.05, 0.1) is 11.7 Å². The van der Waals surface area contributed by atoms with E-state index in [1.54, 1.807) is 12.1 Å². The van der Waals surface area contributed by atoms with E-state index in [1.807, 2.05) is 36.6 Å². The highest BCUT2D eigenvalue weighted by molar-refractivity contribution is 7.17. The summed E-state index contributed by atoms with van der Waals surface area (Å²) in [5.74, 6) is -0.499. The molecule has 0 saturated heterocycles. The first-order valence-electron chi connectivity index (χ1n) is 9.56. The summed E-state index contributed by atoms with van der Waals surface area (Å²) < 4.78 is 14.4. The van der Waals surface area contributed by atoms with E-state index in [9.17, 15) is 14.0 Å². The summed E-state index contributed by atoms with van der Waals surface area (Å²) in [5, 5.41) is 5.32. The number of nitrogens with zero attached hydrogens (tertiary/aromatic N) is 2. The number of hydrogen-bond acceptors (Lipinski definition) is 4. The smallest absolute Gasteiger partial charge is 0.262 e. The van der Waals surface area contributed by atoms with Gasteiger partial charge in [-0.3, -0.25) is 14.2 Å². The number of carbonyl (C=O) groups is 1.